The van der Waals surface area contributed by atoms with E-state index >= 15 is 0 Å². The number of nitrogens with zero attached hydrogens (tertiary/aromatic N) is 6. The normalized spacial score (nSPS) is 19.9. The second-order valence-electron chi connectivity index (χ2n) is 7.87. The molecular weight excluding hydrogens is 564 g/mol. The van der Waals surface area contributed by atoms with Crippen molar-refractivity contribution in [2.24, 2.45) is 10.1 Å². The fraction of sp³-hybridized carbons (Fsp3) is 0.458. The maximum absolute atomic E-state index is 12.3. The number of aromatic nitrogens is 2. The third-order valence-corrected chi connectivity index (χ3v) is 8.29. The number of rotatable bonds is 2. The van der Waals surface area contributed by atoms with Gasteiger partial charge in [0, 0.05) is 36.6 Å². The van der Waals surface area contributed by atoms with Crippen molar-refractivity contribution in [3.05, 3.63) is 59.2 Å². The van der Waals surface area contributed by atoms with Gasteiger partial charge in [0.1, 0.15) is 11.4 Å². The van der Waals surface area contributed by atoms with Crippen LogP contribution in [0.3, 0.4) is 0 Å². The Morgan fingerprint density at radius 2 is 1.41 bits per heavy atom. The van der Waals surface area contributed by atoms with Crippen LogP contribution in [0.25, 0.3) is 0 Å². The number of hydrogen-bond donors (Lipinski definition) is 1. The van der Waals surface area contributed by atoms with E-state index in [1.54, 1.807) is 18.3 Å². The van der Waals surface area contributed by atoms with Gasteiger partial charge in [-0.15, -0.1) is 0 Å². The lowest BCUT2D eigenvalue weighted by Gasteiger charge is -2.10. The van der Waals surface area contributed by atoms with Crippen molar-refractivity contribution in [1.29, 1.82) is 15.8 Å². The molecule has 0 amide bonds. The van der Waals surface area contributed by atoms with E-state index in [1.165, 1.54) is 31.6 Å². The largest absolute Gasteiger partial charge is 0.433 e. The van der Waals surface area contributed by atoms with E-state index in [1.807, 2.05) is 11.8 Å². The summed E-state index contributed by atoms with van der Waals surface area (Å²) in [5, 5.41) is 22.9. The Morgan fingerprint density at radius 3 is 1.77 bits per heavy atom. The standard InChI is InChI=1S/C11H10F3N3S.C10H10F3NS.C2H3N.CH2N2/c12-11(13,14)10-2-1-8(5-16-10)9-3-4-18(6-9)17-7-15;11-10(12,13)9-2-1-7(5-14-9)8-3-4-15-6-8;1-2-3;2-1-3/h1-2,5,9H,3-4,6H2;1-2,5,8H,3-4,6H2;1H3;2H2. The average molecular weight is 590 g/mol. The van der Waals surface area contributed by atoms with E-state index in [0.29, 0.717) is 5.92 Å². The second kappa shape index (κ2) is 16.6. The van der Waals surface area contributed by atoms with Crippen molar-refractivity contribution in [2.45, 2.75) is 44.0 Å². The highest BCUT2D eigenvalue weighted by atomic mass is 32.2. The minimum Gasteiger partial charge on any atom is -0.337 e. The van der Waals surface area contributed by atoms with Gasteiger partial charge in [-0.05, 0) is 53.7 Å². The summed E-state index contributed by atoms with van der Waals surface area (Å²) in [5.74, 6) is 4.20. The zero-order valence-corrected chi connectivity index (χ0v) is 22.3. The summed E-state index contributed by atoms with van der Waals surface area (Å²) >= 11 is 1.84. The van der Waals surface area contributed by atoms with Crippen LogP contribution in [0.5, 0.6) is 0 Å². The molecule has 0 bridgehead atoms. The molecule has 0 radical (unpaired) electrons. The Morgan fingerprint density at radius 1 is 0.923 bits per heavy atom. The van der Waals surface area contributed by atoms with Crippen LogP contribution in [0.1, 0.15) is 54.1 Å². The highest BCUT2D eigenvalue weighted by Gasteiger charge is 2.33. The van der Waals surface area contributed by atoms with E-state index in [0.717, 1.165) is 59.1 Å². The molecule has 4 rings (SSSR count). The molecule has 2 aliphatic heterocycles. The van der Waals surface area contributed by atoms with Crippen molar-refractivity contribution in [1.82, 2.24) is 9.97 Å². The maximum atomic E-state index is 12.3. The second-order valence-corrected chi connectivity index (χ2v) is 10.9. The van der Waals surface area contributed by atoms with Gasteiger partial charge in [-0.2, -0.15) is 58.3 Å². The Bertz CT molecular complexity index is 1160. The molecule has 2 N–H and O–H groups in total. The minimum absolute atomic E-state index is 0.167. The highest BCUT2D eigenvalue weighted by molar-refractivity contribution is 7.99. The SMILES string of the molecule is CC#N.FC(F)(F)c1ccc(C2CCSC2)cn1.N#CN.N#CN=S1CCC(c2ccc(C(F)(F)F)nc2)C1. The van der Waals surface area contributed by atoms with Crippen molar-refractivity contribution in [3.8, 4) is 18.5 Å². The number of thioether (sulfide) groups is 1. The lowest BCUT2D eigenvalue weighted by Crippen LogP contribution is -2.08. The maximum Gasteiger partial charge on any atom is 0.433 e. The first kappa shape index (κ1) is 33.7. The molecule has 4 heterocycles. The molecule has 0 aliphatic carbocycles. The van der Waals surface area contributed by atoms with Gasteiger partial charge in [0.25, 0.3) is 0 Å². The molecule has 3 atom stereocenters. The molecular formula is C24H25F6N7S2. The fourth-order valence-electron chi connectivity index (χ4n) is 3.51. The number of nitriles is 3. The van der Waals surface area contributed by atoms with Gasteiger partial charge in [-0.25, -0.2) is 0 Å². The Balaban J connectivity index is 0.000000328. The highest BCUT2D eigenvalue weighted by Crippen LogP contribution is 2.34. The van der Waals surface area contributed by atoms with Crippen LogP contribution in [0, 0.1) is 34.2 Å². The summed E-state index contributed by atoms with van der Waals surface area (Å²) < 4.78 is 77.5. The molecule has 0 spiro atoms. The Kier molecular flexibility index (Phi) is 14.3. The predicted molar refractivity (Wildman–Crippen MR) is 137 cm³/mol. The molecule has 39 heavy (non-hydrogen) atoms. The zero-order valence-electron chi connectivity index (χ0n) is 20.7. The molecule has 3 unspecified atom stereocenters. The molecule has 15 heteroatoms. The first-order chi connectivity index (χ1) is 18.4. The third kappa shape index (κ3) is 11.9. The number of nitrogens with two attached hydrogens (primary N) is 1. The fourth-order valence-corrected chi connectivity index (χ4v) is 6.60. The average Bonchev–Trinajstić information content (AvgIpc) is 3.58. The van der Waals surface area contributed by atoms with E-state index in [4.69, 9.17) is 15.8 Å². The van der Waals surface area contributed by atoms with E-state index in [9.17, 15) is 26.3 Å². The van der Waals surface area contributed by atoms with Gasteiger partial charge in [0.2, 0.25) is 6.19 Å². The van der Waals surface area contributed by atoms with E-state index in [-0.39, 0.29) is 16.6 Å². The van der Waals surface area contributed by atoms with Crippen LogP contribution in [0.2, 0.25) is 0 Å². The smallest absolute Gasteiger partial charge is 0.337 e. The van der Waals surface area contributed by atoms with Crippen LogP contribution in [0.15, 0.2) is 41.0 Å². The molecule has 210 valence electrons. The van der Waals surface area contributed by atoms with Crippen LogP contribution < -0.4 is 5.73 Å². The molecule has 2 aromatic rings. The number of alkyl halides is 6. The van der Waals surface area contributed by atoms with Crippen molar-refractivity contribution in [3.63, 3.8) is 0 Å². The monoisotopic (exact) mass is 589 g/mol. The summed E-state index contributed by atoms with van der Waals surface area (Å²) in [7, 11) is -0.266. The topological polar surface area (TPSA) is 136 Å². The van der Waals surface area contributed by atoms with Crippen molar-refractivity contribution < 1.29 is 26.3 Å². The molecule has 7 nitrogen and oxygen atoms in total. The van der Waals surface area contributed by atoms with Gasteiger partial charge < -0.3 is 5.73 Å². The van der Waals surface area contributed by atoms with Crippen LogP contribution >= 0.6 is 11.8 Å². The van der Waals surface area contributed by atoms with Gasteiger partial charge >= 0.3 is 12.4 Å². The Hall–Kier alpha value is -3.35. The van der Waals surface area contributed by atoms with Crippen molar-refractivity contribution >= 4 is 22.5 Å². The van der Waals surface area contributed by atoms with Gasteiger partial charge in [0.15, 0.2) is 6.19 Å². The predicted octanol–water partition coefficient (Wildman–Crippen LogP) is 6.15. The molecule has 2 aliphatic rings. The number of pyridine rings is 2. The summed E-state index contributed by atoms with van der Waals surface area (Å²) in [4.78, 5) is 6.91. The third-order valence-electron chi connectivity index (χ3n) is 5.29. The molecule has 2 fully saturated rings. The first-order valence-corrected chi connectivity index (χ1v) is 13.9. The molecule has 2 aromatic heterocycles. The lowest BCUT2D eigenvalue weighted by molar-refractivity contribution is -0.142. The van der Waals surface area contributed by atoms with Crippen LogP contribution in [-0.2, 0) is 23.0 Å². The minimum atomic E-state index is -4.39. The molecule has 2 saturated heterocycles. The van der Waals surface area contributed by atoms with E-state index in [2.05, 4.69) is 20.1 Å². The molecule has 0 saturated carbocycles. The van der Waals surface area contributed by atoms with Crippen LogP contribution in [0.4, 0.5) is 26.3 Å². The quantitative estimate of drug-likeness (QED) is 0.252. The van der Waals surface area contributed by atoms with Gasteiger partial charge in [-0.1, -0.05) is 22.8 Å². The number of hydrogen-bond acceptors (Lipinski definition) is 8. The Labute approximate surface area is 229 Å². The van der Waals surface area contributed by atoms with Gasteiger partial charge in [-0.3, -0.25) is 9.97 Å². The lowest BCUT2D eigenvalue weighted by atomic mass is 10.0. The van der Waals surface area contributed by atoms with E-state index < -0.39 is 23.7 Å². The zero-order chi connectivity index (χ0) is 29.5. The van der Waals surface area contributed by atoms with Crippen LogP contribution in [-0.4, -0.2) is 33.0 Å². The van der Waals surface area contributed by atoms with Gasteiger partial charge in [0.05, 0.1) is 6.07 Å². The summed E-state index contributed by atoms with van der Waals surface area (Å²) in [6, 6.07) is 6.84. The van der Waals surface area contributed by atoms with Crippen molar-refractivity contribution in [2.75, 3.05) is 23.0 Å². The summed E-state index contributed by atoms with van der Waals surface area (Å²) in [6.07, 6.45) is -1.16. The number of halogens is 6. The first-order valence-electron chi connectivity index (χ1n) is 11.2. The summed E-state index contributed by atoms with van der Waals surface area (Å²) in [5.41, 5.74) is 4.20. The molecule has 0 aromatic carbocycles. The summed E-state index contributed by atoms with van der Waals surface area (Å²) in [6.45, 7) is 1.43.